The summed E-state index contributed by atoms with van der Waals surface area (Å²) in [6, 6.07) is 25.6. The Morgan fingerprint density at radius 1 is 0.667 bits per heavy atom. The first-order valence-electron chi connectivity index (χ1n) is 9.79. The number of hydrogen-bond acceptors (Lipinski definition) is 3. The standard InChI is InChI=1S/C13H10O.C12H12BrNO2/c14-13(11-7-3-1-4-8-11)12-9-5-2-6-10-12;13-7-3-4-8-14-11(15)9-5-1-2-6-10(9)12(14)16/h1-10H;1-2,5-6H,3-4,7-8H2. The highest BCUT2D eigenvalue weighted by atomic mass is 79.9. The van der Waals surface area contributed by atoms with Crippen molar-refractivity contribution in [2.24, 2.45) is 0 Å². The van der Waals surface area contributed by atoms with Crippen LogP contribution in [0.3, 0.4) is 0 Å². The van der Waals surface area contributed by atoms with Crippen LogP contribution in [-0.2, 0) is 0 Å². The molecule has 0 bridgehead atoms. The van der Waals surface area contributed by atoms with E-state index in [9.17, 15) is 14.4 Å². The molecule has 1 aliphatic rings. The van der Waals surface area contributed by atoms with E-state index in [1.165, 1.54) is 4.90 Å². The van der Waals surface area contributed by atoms with Gasteiger partial charge in [-0.2, -0.15) is 0 Å². The van der Waals surface area contributed by atoms with Crippen LogP contribution in [0.5, 0.6) is 0 Å². The minimum Gasteiger partial charge on any atom is -0.289 e. The lowest BCUT2D eigenvalue weighted by Crippen LogP contribution is -2.30. The summed E-state index contributed by atoms with van der Waals surface area (Å²) in [7, 11) is 0. The molecule has 0 radical (unpaired) electrons. The molecule has 0 N–H and O–H groups in total. The predicted molar refractivity (Wildman–Crippen MR) is 121 cm³/mol. The van der Waals surface area contributed by atoms with E-state index in [-0.39, 0.29) is 17.6 Å². The van der Waals surface area contributed by atoms with Crippen LogP contribution in [0.4, 0.5) is 0 Å². The third-order valence-electron chi connectivity index (χ3n) is 4.72. The second-order valence-corrected chi connectivity index (χ2v) is 7.56. The van der Waals surface area contributed by atoms with Gasteiger partial charge in [0, 0.05) is 23.0 Å². The van der Waals surface area contributed by atoms with Crippen LogP contribution in [-0.4, -0.2) is 34.4 Å². The lowest BCUT2D eigenvalue weighted by Gasteiger charge is -2.12. The van der Waals surface area contributed by atoms with Gasteiger partial charge in [-0.1, -0.05) is 88.7 Å². The lowest BCUT2D eigenvalue weighted by atomic mass is 10.0. The van der Waals surface area contributed by atoms with Crippen LogP contribution < -0.4 is 0 Å². The molecule has 0 atom stereocenters. The Hall–Kier alpha value is -3.05. The largest absolute Gasteiger partial charge is 0.289 e. The Morgan fingerprint density at radius 3 is 1.53 bits per heavy atom. The molecule has 0 saturated heterocycles. The van der Waals surface area contributed by atoms with Crippen LogP contribution in [0.15, 0.2) is 84.9 Å². The number of carbonyl (C=O) groups is 3. The molecule has 0 spiro atoms. The maximum Gasteiger partial charge on any atom is 0.261 e. The van der Waals surface area contributed by atoms with E-state index in [0.29, 0.717) is 17.7 Å². The molecule has 30 heavy (non-hydrogen) atoms. The Kier molecular flexibility index (Phi) is 7.69. The number of imide groups is 1. The highest BCUT2D eigenvalue weighted by Crippen LogP contribution is 2.22. The summed E-state index contributed by atoms with van der Waals surface area (Å²) in [6.45, 7) is 0.512. The van der Waals surface area contributed by atoms with Crippen LogP contribution in [0.2, 0.25) is 0 Å². The molecule has 0 unspecified atom stereocenters. The van der Waals surface area contributed by atoms with Gasteiger partial charge in [-0.15, -0.1) is 0 Å². The van der Waals surface area contributed by atoms with Gasteiger partial charge in [0.25, 0.3) is 11.8 Å². The van der Waals surface area contributed by atoms with Crippen LogP contribution in [0, 0.1) is 0 Å². The number of alkyl halides is 1. The topological polar surface area (TPSA) is 54.5 Å². The molecule has 0 saturated carbocycles. The number of fused-ring (bicyclic) bond motifs is 1. The average Bonchev–Trinajstić information content (AvgIpc) is 3.05. The fraction of sp³-hybridized carbons (Fsp3) is 0.160. The summed E-state index contributed by atoms with van der Waals surface area (Å²) in [4.78, 5) is 37.0. The Labute approximate surface area is 184 Å². The number of rotatable bonds is 6. The van der Waals surface area contributed by atoms with E-state index in [1.54, 1.807) is 24.3 Å². The fourth-order valence-corrected chi connectivity index (χ4v) is 3.55. The number of carbonyl (C=O) groups excluding carboxylic acids is 3. The van der Waals surface area contributed by atoms with Crippen molar-refractivity contribution in [2.45, 2.75) is 12.8 Å². The minimum atomic E-state index is -0.157. The van der Waals surface area contributed by atoms with Crippen LogP contribution >= 0.6 is 15.9 Å². The van der Waals surface area contributed by atoms with Gasteiger partial charge < -0.3 is 0 Å². The van der Waals surface area contributed by atoms with Crippen LogP contribution in [0.1, 0.15) is 49.5 Å². The number of ketones is 1. The van der Waals surface area contributed by atoms with Crippen molar-refractivity contribution in [1.29, 1.82) is 0 Å². The summed E-state index contributed by atoms with van der Waals surface area (Å²) >= 11 is 3.33. The smallest absolute Gasteiger partial charge is 0.261 e. The van der Waals surface area contributed by atoms with E-state index in [1.807, 2.05) is 60.7 Å². The third-order valence-corrected chi connectivity index (χ3v) is 5.28. The monoisotopic (exact) mass is 463 g/mol. The van der Waals surface area contributed by atoms with Gasteiger partial charge in [0.05, 0.1) is 11.1 Å². The number of halogens is 1. The minimum absolute atomic E-state index is 0.0752. The van der Waals surface area contributed by atoms with Gasteiger partial charge in [-0.25, -0.2) is 0 Å². The number of nitrogens with zero attached hydrogens (tertiary/aromatic N) is 1. The molecule has 3 aromatic rings. The molecule has 1 aliphatic heterocycles. The highest BCUT2D eigenvalue weighted by Gasteiger charge is 2.34. The van der Waals surface area contributed by atoms with E-state index >= 15 is 0 Å². The number of amides is 2. The maximum absolute atomic E-state index is 11.9. The second kappa shape index (κ2) is 10.6. The Balaban J connectivity index is 0.000000172. The summed E-state index contributed by atoms with van der Waals surface area (Å²) in [5.74, 6) is -0.239. The number of benzene rings is 3. The van der Waals surface area contributed by atoms with Crippen molar-refractivity contribution >= 4 is 33.5 Å². The zero-order chi connectivity index (χ0) is 21.3. The molecule has 0 aromatic heterocycles. The first kappa shape index (κ1) is 21.7. The van der Waals surface area contributed by atoms with Crippen molar-refractivity contribution in [1.82, 2.24) is 4.90 Å². The summed E-state index contributed by atoms with van der Waals surface area (Å²) in [6.07, 6.45) is 1.81. The van der Waals surface area contributed by atoms with Crippen molar-refractivity contribution in [2.75, 3.05) is 11.9 Å². The number of hydrogen-bond donors (Lipinski definition) is 0. The molecule has 2 amide bonds. The Morgan fingerprint density at radius 2 is 1.10 bits per heavy atom. The molecule has 152 valence electrons. The Bertz CT molecular complexity index is 942. The molecule has 3 aromatic carbocycles. The second-order valence-electron chi connectivity index (χ2n) is 6.76. The molecular weight excluding hydrogens is 442 g/mol. The summed E-state index contributed by atoms with van der Waals surface area (Å²) < 4.78 is 0. The van der Waals surface area contributed by atoms with Gasteiger partial charge in [0.1, 0.15) is 0 Å². The highest BCUT2D eigenvalue weighted by molar-refractivity contribution is 9.09. The van der Waals surface area contributed by atoms with Gasteiger partial charge in [-0.3, -0.25) is 19.3 Å². The van der Waals surface area contributed by atoms with E-state index < -0.39 is 0 Å². The normalized spacial score (nSPS) is 12.2. The molecular formula is C25H22BrNO3. The zero-order valence-corrected chi connectivity index (χ0v) is 18.0. The third kappa shape index (κ3) is 5.10. The first-order valence-corrected chi connectivity index (χ1v) is 10.9. The maximum atomic E-state index is 11.9. The van der Waals surface area contributed by atoms with E-state index in [0.717, 1.165) is 29.3 Å². The average molecular weight is 464 g/mol. The van der Waals surface area contributed by atoms with Crippen LogP contribution in [0.25, 0.3) is 0 Å². The molecule has 1 heterocycles. The summed E-state index contributed by atoms with van der Waals surface area (Å²) in [5, 5.41) is 0.899. The first-order chi connectivity index (χ1) is 14.6. The van der Waals surface area contributed by atoms with Crippen molar-refractivity contribution < 1.29 is 14.4 Å². The van der Waals surface area contributed by atoms with Gasteiger partial charge in [0.15, 0.2) is 5.78 Å². The summed E-state index contributed by atoms with van der Waals surface area (Å²) in [5.41, 5.74) is 2.54. The molecule has 0 fully saturated rings. The molecule has 0 aliphatic carbocycles. The van der Waals surface area contributed by atoms with Gasteiger partial charge >= 0.3 is 0 Å². The lowest BCUT2D eigenvalue weighted by molar-refractivity contribution is 0.0652. The predicted octanol–water partition coefficient (Wildman–Crippen LogP) is 5.38. The number of unbranched alkanes of at least 4 members (excludes halogenated alkanes) is 1. The zero-order valence-electron chi connectivity index (χ0n) is 16.5. The van der Waals surface area contributed by atoms with Crippen molar-refractivity contribution in [3.05, 3.63) is 107 Å². The molecule has 4 rings (SSSR count). The molecule has 4 nitrogen and oxygen atoms in total. The van der Waals surface area contributed by atoms with Crippen molar-refractivity contribution in [3.8, 4) is 0 Å². The molecule has 5 heteroatoms. The van der Waals surface area contributed by atoms with Gasteiger partial charge in [0.2, 0.25) is 0 Å². The van der Waals surface area contributed by atoms with Gasteiger partial charge in [-0.05, 0) is 25.0 Å². The SMILES string of the molecule is O=C(c1ccccc1)c1ccccc1.O=C1c2ccccc2C(=O)N1CCCCBr. The fourth-order valence-electron chi connectivity index (χ4n) is 3.15. The van der Waals surface area contributed by atoms with E-state index in [4.69, 9.17) is 0 Å². The van der Waals surface area contributed by atoms with Crippen molar-refractivity contribution in [3.63, 3.8) is 0 Å². The quantitative estimate of drug-likeness (QED) is 0.213. The van der Waals surface area contributed by atoms with E-state index in [2.05, 4.69) is 15.9 Å².